The molecule has 0 unspecified atom stereocenters. The summed E-state index contributed by atoms with van der Waals surface area (Å²) < 4.78 is 6.92. The summed E-state index contributed by atoms with van der Waals surface area (Å²) in [5.74, 6) is 1.45. The van der Waals surface area contributed by atoms with Gasteiger partial charge in [0.15, 0.2) is 0 Å². The van der Waals surface area contributed by atoms with Gasteiger partial charge in [-0.3, -0.25) is 0 Å². The SMILES string of the molecule is C[C](C)(C)[Sn][c]1ccnc(-c2ccco2)n1. The van der Waals surface area contributed by atoms with E-state index in [1.807, 2.05) is 24.4 Å². The third kappa shape index (κ3) is 3.07. The molecular formula is C12H14N2OSn. The molecule has 2 rings (SSSR count). The second-order valence-electron chi connectivity index (χ2n) is 4.62. The van der Waals surface area contributed by atoms with Crippen molar-refractivity contribution < 1.29 is 4.42 Å². The number of hydrogen-bond acceptors (Lipinski definition) is 3. The predicted octanol–water partition coefficient (Wildman–Crippen LogP) is 2.28. The van der Waals surface area contributed by atoms with Gasteiger partial charge in [0.05, 0.1) is 0 Å². The van der Waals surface area contributed by atoms with Gasteiger partial charge in [0, 0.05) is 0 Å². The fraction of sp³-hybridized carbons (Fsp3) is 0.333. The van der Waals surface area contributed by atoms with Crippen molar-refractivity contribution >= 4 is 24.9 Å². The Morgan fingerprint density at radius 2 is 2.06 bits per heavy atom. The summed E-state index contributed by atoms with van der Waals surface area (Å²) in [7, 11) is 0. The first-order valence-corrected chi connectivity index (χ1v) is 8.05. The third-order valence-corrected chi connectivity index (χ3v) is 5.57. The van der Waals surface area contributed by atoms with E-state index in [9.17, 15) is 0 Å². The molecule has 0 N–H and O–H groups in total. The van der Waals surface area contributed by atoms with E-state index >= 15 is 0 Å². The first-order valence-electron chi connectivity index (χ1n) is 5.20. The third-order valence-electron chi connectivity index (χ3n) is 1.90. The molecule has 0 saturated heterocycles. The summed E-state index contributed by atoms with van der Waals surface area (Å²) in [5, 5.41) is 0. The van der Waals surface area contributed by atoms with Gasteiger partial charge < -0.3 is 0 Å². The Morgan fingerprint density at radius 1 is 1.25 bits per heavy atom. The van der Waals surface area contributed by atoms with Crippen LogP contribution in [0.5, 0.6) is 0 Å². The zero-order chi connectivity index (χ0) is 11.6. The van der Waals surface area contributed by atoms with Crippen molar-refractivity contribution in [3.63, 3.8) is 0 Å². The van der Waals surface area contributed by atoms with Gasteiger partial charge in [-0.1, -0.05) is 0 Å². The van der Waals surface area contributed by atoms with E-state index in [0.717, 1.165) is 5.76 Å². The standard InChI is InChI=1S/C8H5N2O.C4H9.Sn/c1-3-7(11-6-1)8-9-4-2-5-10-8;1-4(2)3;/h1-4,6H;1-3H3;. The summed E-state index contributed by atoms with van der Waals surface area (Å²) in [6.45, 7) is 6.81. The normalized spacial score (nSPS) is 11.7. The Balaban J connectivity index is 2.27. The van der Waals surface area contributed by atoms with Crippen molar-refractivity contribution in [1.82, 2.24) is 9.97 Å². The van der Waals surface area contributed by atoms with E-state index in [1.54, 1.807) is 6.26 Å². The van der Waals surface area contributed by atoms with Gasteiger partial charge in [0.25, 0.3) is 0 Å². The fourth-order valence-corrected chi connectivity index (χ4v) is 4.44. The molecule has 2 radical (unpaired) electrons. The molecular weight excluding hydrogens is 307 g/mol. The van der Waals surface area contributed by atoms with Gasteiger partial charge in [-0.15, -0.1) is 0 Å². The summed E-state index contributed by atoms with van der Waals surface area (Å²) >= 11 is -0.669. The van der Waals surface area contributed by atoms with E-state index in [2.05, 4.69) is 30.7 Å². The average molecular weight is 321 g/mol. The summed E-state index contributed by atoms with van der Waals surface area (Å²) in [6.07, 6.45) is 3.47. The van der Waals surface area contributed by atoms with Crippen molar-refractivity contribution in [2.24, 2.45) is 0 Å². The molecule has 0 aliphatic heterocycles. The first kappa shape index (κ1) is 11.6. The molecule has 0 fully saturated rings. The summed E-state index contributed by atoms with van der Waals surface area (Å²) in [6, 6.07) is 5.78. The molecule has 2 heterocycles. The van der Waals surface area contributed by atoms with Crippen molar-refractivity contribution in [1.29, 1.82) is 0 Å². The number of hydrogen-bond donors (Lipinski definition) is 0. The van der Waals surface area contributed by atoms with Gasteiger partial charge in [-0.2, -0.15) is 0 Å². The molecule has 0 bridgehead atoms. The van der Waals surface area contributed by atoms with Crippen LogP contribution in [0, 0.1) is 0 Å². The Morgan fingerprint density at radius 3 is 2.69 bits per heavy atom. The quantitative estimate of drug-likeness (QED) is 0.797. The minimum absolute atomic E-state index is 0.401. The molecule has 0 spiro atoms. The van der Waals surface area contributed by atoms with Gasteiger partial charge >= 0.3 is 106 Å². The van der Waals surface area contributed by atoms with Crippen LogP contribution in [-0.2, 0) is 0 Å². The zero-order valence-corrected chi connectivity index (χ0v) is 12.5. The topological polar surface area (TPSA) is 38.9 Å². The number of aromatic nitrogens is 2. The minimum atomic E-state index is -0.669. The molecule has 0 amide bonds. The molecule has 16 heavy (non-hydrogen) atoms. The average Bonchev–Trinajstić information content (AvgIpc) is 2.68. The molecule has 4 heteroatoms. The van der Waals surface area contributed by atoms with Crippen LogP contribution in [-0.4, -0.2) is 31.1 Å². The Bertz CT molecular complexity index is 460. The Labute approximate surface area is 106 Å². The van der Waals surface area contributed by atoms with Crippen LogP contribution in [0.25, 0.3) is 11.6 Å². The maximum absolute atomic E-state index is 5.30. The number of rotatable bonds is 2. The van der Waals surface area contributed by atoms with Crippen LogP contribution in [0.3, 0.4) is 0 Å². The molecule has 0 aromatic carbocycles. The molecule has 0 aliphatic rings. The first-order chi connectivity index (χ1) is 7.54. The van der Waals surface area contributed by atoms with Gasteiger partial charge in [-0.05, 0) is 0 Å². The maximum atomic E-state index is 5.30. The van der Waals surface area contributed by atoms with E-state index in [4.69, 9.17) is 4.42 Å². The molecule has 0 saturated carbocycles. The van der Waals surface area contributed by atoms with Crippen LogP contribution in [0.2, 0.25) is 3.43 Å². The Hall–Kier alpha value is -0.841. The number of furan rings is 1. The second-order valence-corrected chi connectivity index (χ2v) is 11.1. The van der Waals surface area contributed by atoms with Crippen molar-refractivity contribution in [2.45, 2.75) is 24.2 Å². The molecule has 3 nitrogen and oxygen atoms in total. The van der Waals surface area contributed by atoms with Gasteiger partial charge in [-0.25, -0.2) is 0 Å². The number of nitrogens with zero attached hydrogens (tertiary/aromatic N) is 2. The Kier molecular flexibility index (Phi) is 3.33. The molecule has 2 aromatic rings. The van der Waals surface area contributed by atoms with Gasteiger partial charge in [0.2, 0.25) is 0 Å². The van der Waals surface area contributed by atoms with Crippen molar-refractivity contribution in [3.8, 4) is 11.6 Å². The van der Waals surface area contributed by atoms with E-state index in [1.165, 1.54) is 3.71 Å². The van der Waals surface area contributed by atoms with Crippen molar-refractivity contribution in [2.75, 3.05) is 0 Å². The van der Waals surface area contributed by atoms with Crippen LogP contribution in [0.4, 0.5) is 0 Å². The molecule has 82 valence electrons. The predicted molar refractivity (Wildman–Crippen MR) is 64.8 cm³/mol. The van der Waals surface area contributed by atoms with Crippen LogP contribution in [0.1, 0.15) is 20.8 Å². The molecule has 0 aliphatic carbocycles. The van der Waals surface area contributed by atoms with E-state index in [-0.39, 0.29) is 0 Å². The monoisotopic (exact) mass is 322 g/mol. The van der Waals surface area contributed by atoms with Crippen LogP contribution < -0.4 is 3.71 Å². The van der Waals surface area contributed by atoms with Crippen LogP contribution in [0.15, 0.2) is 35.1 Å². The van der Waals surface area contributed by atoms with Crippen molar-refractivity contribution in [3.05, 3.63) is 30.7 Å². The second kappa shape index (κ2) is 4.57. The molecule has 2 aromatic heterocycles. The van der Waals surface area contributed by atoms with Gasteiger partial charge in [0.1, 0.15) is 0 Å². The summed E-state index contributed by atoms with van der Waals surface area (Å²) in [4.78, 5) is 8.81. The zero-order valence-electron chi connectivity index (χ0n) is 9.69. The molecule has 0 atom stereocenters. The fourth-order valence-electron chi connectivity index (χ4n) is 1.34. The van der Waals surface area contributed by atoms with E-state index in [0.29, 0.717) is 9.26 Å². The van der Waals surface area contributed by atoms with Crippen LogP contribution >= 0.6 is 0 Å². The van der Waals surface area contributed by atoms with E-state index < -0.39 is 21.1 Å². The summed E-state index contributed by atoms with van der Waals surface area (Å²) in [5.41, 5.74) is 0.